The topological polar surface area (TPSA) is 25.8 Å². The van der Waals surface area contributed by atoms with E-state index in [1.54, 1.807) is 0 Å². The molecule has 1 aromatic carbocycles. The maximum absolute atomic E-state index is 4.58. The van der Waals surface area contributed by atoms with Crippen LogP contribution in [0, 0.1) is 6.92 Å². The van der Waals surface area contributed by atoms with Gasteiger partial charge in [0.25, 0.3) is 0 Å². The van der Waals surface area contributed by atoms with Gasteiger partial charge in [-0.15, -0.1) is 11.3 Å². The molecule has 4 aromatic rings. The first-order valence-corrected chi connectivity index (χ1v) is 7.33. The van der Waals surface area contributed by atoms with Crippen LogP contribution in [0.1, 0.15) is 5.56 Å². The monoisotopic (exact) mass is 276 g/mol. The molecular formula is C17H12N2S. The molecule has 3 heteroatoms. The number of benzene rings is 1. The van der Waals surface area contributed by atoms with Gasteiger partial charge in [-0.3, -0.25) is 9.97 Å². The van der Waals surface area contributed by atoms with Gasteiger partial charge in [-0.2, -0.15) is 0 Å². The molecule has 0 radical (unpaired) electrons. The first kappa shape index (κ1) is 11.6. The van der Waals surface area contributed by atoms with Crippen molar-refractivity contribution >= 4 is 32.2 Å². The van der Waals surface area contributed by atoms with Gasteiger partial charge in [-0.05, 0) is 36.1 Å². The van der Waals surface area contributed by atoms with Crippen LogP contribution in [0.25, 0.3) is 31.4 Å². The van der Waals surface area contributed by atoms with Crippen LogP contribution in [-0.4, -0.2) is 9.97 Å². The fraction of sp³-hybridized carbons (Fsp3) is 0.0588. The minimum absolute atomic E-state index is 1.05. The molecule has 0 amide bonds. The highest BCUT2D eigenvalue weighted by Gasteiger charge is 2.10. The number of nitrogens with zero attached hydrogens (tertiary/aromatic N) is 2. The summed E-state index contributed by atoms with van der Waals surface area (Å²) in [5.74, 6) is 0. The second-order valence-corrected chi connectivity index (χ2v) is 5.91. The van der Waals surface area contributed by atoms with Crippen molar-refractivity contribution in [3.05, 3.63) is 60.6 Å². The summed E-state index contributed by atoms with van der Waals surface area (Å²) in [5, 5.41) is 3.58. The minimum atomic E-state index is 1.05. The van der Waals surface area contributed by atoms with E-state index in [1.165, 1.54) is 20.5 Å². The molecule has 0 aliphatic rings. The van der Waals surface area contributed by atoms with Crippen LogP contribution in [0.2, 0.25) is 0 Å². The van der Waals surface area contributed by atoms with Gasteiger partial charge in [0.2, 0.25) is 0 Å². The van der Waals surface area contributed by atoms with Crippen molar-refractivity contribution in [2.75, 3.05) is 0 Å². The van der Waals surface area contributed by atoms with E-state index in [-0.39, 0.29) is 0 Å². The molecule has 0 unspecified atom stereocenters. The fourth-order valence-corrected chi connectivity index (χ4v) is 3.68. The minimum Gasteiger partial charge on any atom is -0.264 e. The zero-order valence-electron chi connectivity index (χ0n) is 11.0. The molecule has 0 spiro atoms. The number of aryl methyl sites for hydroxylation is 1. The Kier molecular flexibility index (Phi) is 2.54. The maximum atomic E-state index is 4.58. The van der Waals surface area contributed by atoms with E-state index in [2.05, 4.69) is 41.2 Å². The summed E-state index contributed by atoms with van der Waals surface area (Å²) < 4.78 is 1.34. The van der Waals surface area contributed by atoms with Gasteiger partial charge < -0.3 is 0 Å². The maximum Gasteiger partial charge on any atom is 0.0881 e. The number of hydrogen-bond donors (Lipinski definition) is 0. The highest BCUT2D eigenvalue weighted by atomic mass is 32.1. The van der Waals surface area contributed by atoms with E-state index < -0.39 is 0 Å². The summed E-state index contributed by atoms with van der Waals surface area (Å²) in [4.78, 5) is 9.98. The average Bonchev–Trinajstić information content (AvgIpc) is 2.92. The second-order valence-electron chi connectivity index (χ2n) is 4.86. The van der Waals surface area contributed by atoms with Crippen LogP contribution in [0.4, 0.5) is 0 Å². The summed E-state index contributed by atoms with van der Waals surface area (Å²) in [6.45, 7) is 2.16. The van der Waals surface area contributed by atoms with E-state index in [0.717, 1.165) is 16.5 Å². The van der Waals surface area contributed by atoms with Crippen molar-refractivity contribution in [1.29, 1.82) is 0 Å². The average molecular weight is 276 g/mol. The van der Waals surface area contributed by atoms with Gasteiger partial charge in [-0.1, -0.05) is 18.2 Å². The summed E-state index contributed by atoms with van der Waals surface area (Å²) in [5.41, 5.74) is 2.37. The molecule has 20 heavy (non-hydrogen) atoms. The summed E-state index contributed by atoms with van der Waals surface area (Å²) in [7, 11) is 0. The van der Waals surface area contributed by atoms with Crippen LogP contribution in [0.15, 0.2) is 55.0 Å². The highest BCUT2D eigenvalue weighted by Crippen LogP contribution is 2.36. The SMILES string of the molecule is Cc1cccc2cc(-c3nccc4cnccc34)sc12. The molecule has 0 N–H and O–H groups in total. The van der Waals surface area contributed by atoms with E-state index in [4.69, 9.17) is 0 Å². The Morgan fingerprint density at radius 1 is 1.00 bits per heavy atom. The first-order valence-electron chi connectivity index (χ1n) is 6.51. The number of pyridine rings is 2. The van der Waals surface area contributed by atoms with Crippen molar-refractivity contribution in [2.24, 2.45) is 0 Å². The third-order valence-corrected chi connectivity index (χ3v) is 4.83. The van der Waals surface area contributed by atoms with Gasteiger partial charge in [0.1, 0.15) is 0 Å². The van der Waals surface area contributed by atoms with Crippen molar-refractivity contribution in [2.45, 2.75) is 6.92 Å². The van der Waals surface area contributed by atoms with Crippen LogP contribution < -0.4 is 0 Å². The van der Waals surface area contributed by atoms with Crippen LogP contribution >= 0.6 is 11.3 Å². The van der Waals surface area contributed by atoms with Gasteiger partial charge in [0.15, 0.2) is 0 Å². The number of hydrogen-bond acceptors (Lipinski definition) is 3. The molecule has 3 aromatic heterocycles. The molecular weight excluding hydrogens is 264 g/mol. The molecule has 96 valence electrons. The standard InChI is InChI=1S/C17H12N2S/c1-11-3-2-4-12-9-15(20-17(11)12)16-14-6-7-18-10-13(14)5-8-19-16/h2-10H,1H3. The fourth-order valence-electron chi connectivity index (χ4n) is 2.54. The number of aromatic nitrogens is 2. The predicted octanol–water partition coefficient (Wildman–Crippen LogP) is 4.82. The van der Waals surface area contributed by atoms with Gasteiger partial charge in [-0.25, -0.2) is 0 Å². The van der Waals surface area contributed by atoms with E-state index in [9.17, 15) is 0 Å². The molecule has 0 fully saturated rings. The molecule has 0 saturated heterocycles. The molecule has 2 nitrogen and oxygen atoms in total. The zero-order valence-corrected chi connectivity index (χ0v) is 11.8. The lowest BCUT2D eigenvalue weighted by Crippen LogP contribution is -1.83. The van der Waals surface area contributed by atoms with Crippen molar-refractivity contribution in [3.63, 3.8) is 0 Å². The lowest BCUT2D eigenvalue weighted by Gasteiger charge is -2.02. The second kappa shape index (κ2) is 4.39. The third-order valence-electron chi connectivity index (χ3n) is 3.54. The van der Waals surface area contributed by atoms with Crippen molar-refractivity contribution in [1.82, 2.24) is 9.97 Å². The van der Waals surface area contributed by atoms with E-state index in [0.29, 0.717) is 0 Å². The quantitative estimate of drug-likeness (QED) is 0.498. The van der Waals surface area contributed by atoms with Crippen LogP contribution in [-0.2, 0) is 0 Å². The molecule has 3 heterocycles. The summed E-state index contributed by atoms with van der Waals surface area (Å²) in [6, 6.07) is 12.7. The molecule has 0 bridgehead atoms. The Morgan fingerprint density at radius 3 is 2.85 bits per heavy atom. The Hall–Kier alpha value is -2.26. The largest absolute Gasteiger partial charge is 0.264 e. The van der Waals surface area contributed by atoms with E-state index >= 15 is 0 Å². The third kappa shape index (κ3) is 1.71. The summed E-state index contributed by atoms with van der Waals surface area (Å²) >= 11 is 1.81. The molecule has 0 saturated carbocycles. The van der Waals surface area contributed by atoms with Crippen molar-refractivity contribution in [3.8, 4) is 10.6 Å². The number of rotatable bonds is 1. The molecule has 0 atom stereocenters. The Labute approximate surface area is 120 Å². The zero-order chi connectivity index (χ0) is 13.5. The van der Waals surface area contributed by atoms with Crippen molar-refractivity contribution < 1.29 is 0 Å². The lowest BCUT2D eigenvalue weighted by atomic mass is 10.1. The Balaban J connectivity index is 2.04. The van der Waals surface area contributed by atoms with E-state index in [1.807, 2.05) is 42.1 Å². The number of fused-ring (bicyclic) bond motifs is 2. The van der Waals surface area contributed by atoms with Gasteiger partial charge >= 0.3 is 0 Å². The first-order chi connectivity index (χ1) is 9.83. The predicted molar refractivity (Wildman–Crippen MR) is 85.1 cm³/mol. The van der Waals surface area contributed by atoms with Gasteiger partial charge in [0.05, 0.1) is 10.6 Å². The summed E-state index contributed by atoms with van der Waals surface area (Å²) in [6.07, 6.45) is 5.57. The normalized spacial score (nSPS) is 11.2. The van der Waals surface area contributed by atoms with Crippen LogP contribution in [0.3, 0.4) is 0 Å². The van der Waals surface area contributed by atoms with Gasteiger partial charge in [0, 0.05) is 34.1 Å². The number of thiophene rings is 1. The smallest absolute Gasteiger partial charge is 0.0881 e. The highest BCUT2D eigenvalue weighted by molar-refractivity contribution is 7.22. The Morgan fingerprint density at radius 2 is 1.95 bits per heavy atom. The van der Waals surface area contributed by atoms with Crippen LogP contribution in [0.5, 0.6) is 0 Å². The molecule has 0 aliphatic carbocycles. The molecule has 4 rings (SSSR count). The lowest BCUT2D eigenvalue weighted by molar-refractivity contribution is 1.33. The Bertz CT molecular complexity index is 919. The molecule has 0 aliphatic heterocycles.